The summed E-state index contributed by atoms with van der Waals surface area (Å²) in [6, 6.07) is 9.96. The Balaban J connectivity index is 2.33. The predicted molar refractivity (Wildman–Crippen MR) is 89.2 cm³/mol. The molecule has 1 heterocycles. The third-order valence-electron chi connectivity index (χ3n) is 3.57. The number of methoxy groups -OCH3 is 1. The highest BCUT2D eigenvalue weighted by atomic mass is 79.9. The largest absolute Gasteiger partial charge is 0.497 e. The number of ether oxygens (including phenoxy) is 1. The van der Waals surface area contributed by atoms with E-state index < -0.39 is 0 Å². The van der Waals surface area contributed by atoms with Gasteiger partial charge in [-0.25, -0.2) is 4.98 Å². The van der Waals surface area contributed by atoms with Crippen molar-refractivity contribution in [3.63, 3.8) is 0 Å². The Morgan fingerprint density at radius 3 is 2.43 bits per heavy atom. The van der Waals surface area contributed by atoms with Gasteiger partial charge < -0.3 is 10.5 Å². The monoisotopic (exact) mass is 345 g/mol. The molecular weight excluding hydrogens is 330 g/mol. The topological polar surface area (TPSA) is 53.1 Å². The van der Waals surface area contributed by atoms with Gasteiger partial charge in [0.25, 0.3) is 0 Å². The first-order valence-corrected chi connectivity index (χ1v) is 7.39. The summed E-state index contributed by atoms with van der Waals surface area (Å²) >= 11 is 3.52. The number of imidazole rings is 1. The van der Waals surface area contributed by atoms with E-state index in [0.29, 0.717) is 5.95 Å². The summed E-state index contributed by atoms with van der Waals surface area (Å²) in [7, 11) is 1.64. The number of halogens is 1. The van der Waals surface area contributed by atoms with Crippen LogP contribution in [0.1, 0.15) is 11.1 Å². The van der Waals surface area contributed by atoms with Gasteiger partial charge in [0.15, 0.2) is 0 Å². The zero-order chi connectivity index (χ0) is 15.1. The molecular formula is C16H16BrN3O. The van der Waals surface area contributed by atoms with Crippen LogP contribution in [-0.2, 0) is 0 Å². The highest BCUT2D eigenvalue weighted by Crippen LogP contribution is 2.31. The van der Waals surface area contributed by atoms with Crippen molar-refractivity contribution in [1.29, 1.82) is 0 Å². The maximum atomic E-state index is 6.15. The summed E-state index contributed by atoms with van der Waals surface area (Å²) in [4.78, 5) is 4.45. The Kier molecular flexibility index (Phi) is 3.37. The number of nitrogens with two attached hydrogens (primary N) is 1. The second-order valence-corrected chi connectivity index (χ2v) is 5.96. The number of rotatable bonds is 2. The normalized spacial score (nSPS) is 11.0. The lowest BCUT2D eigenvalue weighted by atomic mass is 10.1. The van der Waals surface area contributed by atoms with Gasteiger partial charge in [0.2, 0.25) is 5.95 Å². The van der Waals surface area contributed by atoms with Crippen LogP contribution >= 0.6 is 15.9 Å². The molecule has 0 aliphatic heterocycles. The third kappa shape index (κ3) is 2.27. The lowest BCUT2D eigenvalue weighted by molar-refractivity contribution is 0.415. The SMILES string of the molecule is COc1ccc2c(c1)nc(N)n2-c1c(C)cc(Br)cc1C. The van der Waals surface area contributed by atoms with E-state index in [1.54, 1.807) is 7.11 Å². The fourth-order valence-corrected chi connectivity index (χ4v) is 3.38. The van der Waals surface area contributed by atoms with Crippen LogP contribution in [0.5, 0.6) is 5.75 Å². The Hall–Kier alpha value is -2.01. The molecule has 0 spiro atoms. The molecule has 0 radical (unpaired) electrons. The van der Waals surface area contributed by atoms with Crippen LogP contribution < -0.4 is 10.5 Å². The van der Waals surface area contributed by atoms with Gasteiger partial charge in [0, 0.05) is 10.5 Å². The fourth-order valence-electron chi connectivity index (χ4n) is 2.70. The Morgan fingerprint density at radius 2 is 1.81 bits per heavy atom. The minimum Gasteiger partial charge on any atom is -0.497 e. The summed E-state index contributed by atoms with van der Waals surface area (Å²) in [6.45, 7) is 4.14. The Bertz CT molecular complexity index is 816. The first-order valence-electron chi connectivity index (χ1n) is 6.60. The second-order valence-electron chi connectivity index (χ2n) is 5.05. The molecule has 0 unspecified atom stereocenters. The van der Waals surface area contributed by atoms with Gasteiger partial charge in [-0.2, -0.15) is 0 Å². The molecule has 0 atom stereocenters. The molecule has 0 amide bonds. The zero-order valence-electron chi connectivity index (χ0n) is 12.1. The summed E-state index contributed by atoms with van der Waals surface area (Å²) in [5, 5.41) is 0. The van der Waals surface area contributed by atoms with Gasteiger partial charge >= 0.3 is 0 Å². The number of nitrogen functional groups attached to an aromatic ring is 1. The molecule has 108 valence electrons. The van der Waals surface area contributed by atoms with E-state index >= 15 is 0 Å². The van der Waals surface area contributed by atoms with Crippen molar-refractivity contribution in [2.75, 3.05) is 12.8 Å². The second kappa shape index (κ2) is 5.07. The molecule has 3 aromatic rings. The quantitative estimate of drug-likeness (QED) is 0.763. The van der Waals surface area contributed by atoms with Gasteiger partial charge in [-0.1, -0.05) is 15.9 Å². The lowest BCUT2D eigenvalue weighted by Crippen LogP contribution is -2.04. The van der Waals surface area contributed by atoms with Crippen molar-refractivity contribution in [2.45, 2.75) is 13.8 Å². The number of anilines is 1. The number of aromatic nitrogens is 2. The molecule has 21 heavy (non-hydrogen) atoms. The Morgan fingerprint density at radius 1 is 1.14 bits per heavy atom. The minimum absolute atomic E-state index is 0.478. The third-order valence-corrected chi connectivity index (χ3v) is 4.02. The van der Waals surface area contributed by atoms with Crippen molar-refractivity contribution in [3.05, 3.63) is 45.9 Å². The molecule has 0 saturated heterocycles. The van der Waals surface area contributed by atoms with Crippen molar-refractivity contribution >= 4 is 32.9 Å². The molecule has 0 aliphatic rings. The van der Waals surface area contributed by atoms with Crippen molar-refractivity contribution < 1.29 is 4.74 Å². The van der Waals surface area contributed by atoms with Crippen LogP contribution in [0.4, 0.5) is 5.95 Å². The average molecular weight is 346 g/mol. The number of benzene rings is 2. The van der Waals surface area contributed by atoms with Crippen LogP contribution in [0.3, 0.4) is 0 Å². The summed E-state index contributed by atoms with van der Waals surface area (Å²) in [5.41, 5.74) is 11.3. The number of nitrogens with zero attached hydrogens (tertiary/aromatic N) is 2. The van der Waals surface area contributed by atoms with E-state index in [4.69, 9.17) is 10.5 Å². The van der Waals surface area contributed by atoms with Crippen LogP contribution in [0.2, 0.25) is 0 Å². The van der Waals surface area contributed by atoms with Crippen molar-refractivity contribution in [3.8, 4) is 11.4 Å². The minimum atomic E-state index is 0.478. The van der Waals surface area contributed by atoms with Crippen LogP contribution in [-0.4, -0.2) is 16.7 Å². The van der Waals surface area contributed by atoms with Gasteiger partial charge in [0.1, 0.15) is 5.75 Å². The van der Waals surface area contributed by atoms with Crippen molar-refractivity contribution in [1.82, 2.24) is 9.55 Å². The number of hydrogen-bond acceptors (Lipinski definition) is 3. The van der Waals surface area contributed by atoms with Gasteiger partial charge in [-0.3, -0.25) is 4.57 Å². The van der Waals surface area contributed by atoms with E-state index in [1.807, 2.05) is 22.8 Å². The fraction of sp³-hybridized carbons (Fsp3) is 0.188. The molecule has 3 rings (SSSR count). The maximum Gasteiger partial charge on any atom is 0.205 e. The van der Waals surface area contributed by atoms with Crippen LogP contribution in [0.25, 0.3) is 16.7 Å². The van der Waals surface area contributed by atoms with E-state index in [1.165, 1.54) is 0 Å². The molecule has 2 N–H and O–H groups in total. The summed E-state index contributed by atoms with van der Waals surface area (Å²) < 4.78 is 8.30. The van der Waals surface area contributed by atoms with Crippen molar-refractivity contribution in [2.24, 2.45) is 0 Å². The van der Waals surface area contributed by atoms with Gasteiger partial charge in [-0.15, -0.1) is 0 Å². The predicted octanol–water partition coefficient (Wildman–Crippen LogP) is 4.00. The first-order chi connectivity index (χ1) is 10.0. The summed E-state index contributed by atoms with van der Waals surface area (Å²) in [6.07, 6.45) is 0. The first kappa shape index (κ1) is 13.9. The van der Waals surface area contributed by atoms with Crippen LogP contribution in [0, 0.1) is 13.8 Å². The highest BCUT2D eigenvalue weighted by molar-refractivity contribution is 9.10. The molecule has 0 saturated carbocycles. The number of aryl methyl sites for hydroxylation is 2. The van der Waals surface area contributed by atoms with E-state index in [9.17, 15) is 0 Å². The molecule has 4 nitrogen and oxygen atoms in total. The van der Waals surface area contributed by atoms with E-state index in [-0.39, 0.29) is 0 Å². The molecule has 1 aromatic heterocycles. The standard InChI is InChI=1S/C16H16BrN3O/c1-9-6-11(17)7-10(2)15(9)20-14-5-4-12(21-3)8-13(14)19-16(20)18/h4-8H,1-3H3,(H2,18,19). The molecule has 2 aromatic carbocycles. The van der Waals surface area contributed by atoms with E-state index in [0.717, 1.165) is 38.1 Å². The number of fused-ring (bicyclic) bond motifs is 1. The van der Waals surface area contributed by atoms with Gasteiger partial charge in [0.05, 0.1) is 23.8 Å². The lowest BCUT2D eigenvalue weighted by Gasteiger charge is -2.14. The van der Waals surface area contributed by atoms with Gasteiger partial charge in [-0.05, 0) is 49.2 Å². The molecule has 0 aliphatic carbocycles. The average Bonchev–Trinajstić information content (AvgIpc) is 2.73. The smallest absolute Gasteiger partial charge is 0.205 e. The Labute approximate surface area is 131 Å². The van der Waals surface area contributed by atoms with E-state index in [2.05, 4.69) is 46.9 Å². The molecule has 0 fully saturated rings. The van der Waals surface area contributed by atoms with Crippen LogP contribution in [0.15, 0.2) is 34.8 Å². The number of hydrogen-bond donors (Lipinski definition) is 1. The molecule has 5 heteroatoms. The maximum absolute atomic E-state index is 6.15. The molecule has 0 bridgehead atoms. The highest BCUT2D eigenvalue weighted by Gasteiger charge is 2.15. The summed E-state index contributed by atoms with van der Waals surface area (Å²) in [5.74, 6) is 1.25. The zero-order valence-corrected chi connectivity index (χ0v) is 13.7.